The minimum Gasteiger partial charge on any atom is -0.497 e. The van der Waals surface area contributed by atoms with Crippen molar-refractivity contribution in [1.29, 1.82) is 0 Å². The number of hydrogen-bond acceptors (Lipinski definition) is 6. The zero-order chi connectivity index (χ0) is 27.1. The van der Waals surface area contributed by atoms with Crippen LogP contribution in [0.5, 0.6) is 5.75 Å². The summed E-state index contributed by atoms with van der Waals surface area (Å²) < 4.78 is 5.30. The van der Waals surface area contributed by atoms with Gasteiger partial charge in [-0.15, -0.1) is 10.2 Å². The molecule has 3 aromatic rings. The van der Waals surface area contributed by atoms with Gasteiger partial charge in [0.15, 0.2) is 5.82 Å². The first-order valence-electron chi connectivity index (χ1n) is 13.0. The molecule has 2 aromatic carbocycles. The minimum atomic E-state index is -0.262. The van der Waals surface area contributed by atoms with Gasteiger partial charge >= 0.3 is 6.03 Å². The van der Waals surface area contributed by atoms with Gasteiger partial charge in [-0.1, -0.05) is 36.8 Å². The maximum atomic E-state index is 13.2. The van der Waals surface area contributed by atoms with Crippen LogP contribution in [0.1, 0.15) is 25.8 Å². The second kappa shape index (κ2) is 12.4. The number of methoxy groups -OCH3 is 1. The summed E-state index contributed by atoms with van der Waals surface area (Å²) in [7, 11) is 1.64. The fraction of sp³-hybridized carbons (Fsp3) is 0.379. The maximum absolute atomic E-state index is 13.2. The Morgan fingerprint density at radius 3 is 2.39 bits per heavy atom. The average molecular weight is 517 g/mol. The molecular formula is C29H36N6O3. The zero-order valence-electron chi connectivity index (χ0n) is 22.6. The number of piperazine rings is 1. The number of amides is 3. The molecule has 2 heterocycles. The van der Waals surface area contributed by atoms with Gasteiger partial charge in [-0.05, 0) is 56.7 Å². The first-order chi connectivity index (χ1) is 18.4. The smallest absolute Gasteiger partial charge is 0.322 e. The van der Waals surface area contributed by atoms with Crippen molar-refractivity contribution in [3.8, 4) is 17.0 Å². The van der Waals surface area contributed by atoms with Gasteiger partial charge in [-0.3, -0.25) is 4.79 Å². The Morgan fingerprint density at radius 2 is 1.76 bits per heavy atom. The lowest BCUT2D eigenvalue weighted by molar-refractivity contribution is -0.132. The molecule has 1 fully saturated rings. The van der Waals surface area contributed by atoms with Crippen molar-refractivity contribution >= 4 is 23.4 Å². The Morgan fingerprint density at radius 1 is 1.03 bits per heavy atom. The van der Waals surface area contributed by atoms with Crippen molar-refractivity contribution in [1.82, 2.24) is 20.0 Å². The number of aromatic nitrogens is 2. The molecule has 0 radical (unpaired) electrons. The largest absolute Gasteiger partial charge is 0.497 e. The molecule has 1 unspecified atom stereocenters. The standard InChI is InChI=1S/C29H36N6O3/c1-5-22(3)35(29(37)30-24-11-9-21(2)10-12-24)20-28(36)34-17-15-33(16-18-34)27-14-13-26(31-32-27)23-7-6-8-25(19-23)38-4/h6-14,19,22H,5,15-18,20H2,1-4H3,(H,30,37). The van der Waals surface area contributed by atoms with E-state index in [4.69, 9.17) is 4.74 Å². The van der Waals surface area contributed by atoms with E-state index < -0.39 is 0 Å². The third kappa shape index (κ3) is 6.59. The topological polar surface area (TPSA) is 90.9 Å². The van der Waals surface area contributed by atoms with E-state index in [9.17, 15) is 9.59 Å². The normalized spacial score (nSPS) is 14.1. The van der Waals surface area contributed by atoms with Crippen LogP contribution in [0.25, 0.3) is 11.3 Å². The van der Waals surface area contributed by atoms with Gasteiger partial charge < -0.3 is 24.8 Å². The third-order valence-electron chi connectivity index (χ3n) is 6.96. The Kier molecular flexibility index (Phi) is 8.78. The Bertz CT molecular complexity index is 1220. The summed E-state index contributed by atoms with van der Waals surface area (Å²) in [6, 6.07) is 18.9. The summed E-state index contributed by atoms with van der Waals surface area (Å²) in [6.07, 6.45) is 0.757. The van der Waals surface area contributed by atoms with Crippen LogP contribution in [0, 0.1) is 6.92 Å². The van der Waals surface area contributed by atoms with Crippen molar-refractivity contribution in [2.75, 3.05) is 50.1 Å². The lowest BCUT2D eigenvalue weighted by Crippen LogP contribution is -2.53. The van der Waals surface area contributed by atoms with E-state index in [-0.39, 0.29) is 24.5 Å². The highest BCUT2D eigenvalue weighted by atomic mass is 16.5. The van der Waals surface area contributed by atoms with Gasteiger partial charge in [0.25, 0.3) is 0 Å². The Hall–Kier alpha value is -4.14. The molecule has 0 spiro atoms. The molecule has 0 bridgehead atoms. The number of aryl methyl sites for hydroxylation is 1. The van der Waals surface area contributed by atoms with E-state index >= 15 is 0 Å². The first kappa shape index (κ1) is 26.9. The Balaban J connectivity index is 1.33. The number of nitrogens with one attached hydrogen (secondary N) is 1. The van der Waals surface area contributed by atoms with Crippen LogP contribution in [-0.2, 0) is 4.79 Å². The summed E-state index contributed by atoms with van der Waals surface area (Å²) in [5.41, 5.74) is 3.55. The number of ether oxygens (including phenoxy) is 1. The molecule has 1 N–H and O–H groups in total. The van der Waals surface area contributed by atoms with E-state index in [0.717, 1.165) is 34.8 Å². The molecule has 0 aliphatic carbocycles. The van der Waals surface area contributed by atoms with Gasteiger partial charge in [-0.25, -0.2) is 4.79 Å². The number of carbonyl (C=O) groups is 2. The van der Waals surface area contributed by atoms with Gasteiger partial charge in [0.1, 0.15) is 12.3 Å². The molecule has 9 heteroatoms. The summed E-state index contributed by atoms with van der Waals surface area (Å²) in [6.45, 7) is 8.45. The molecule has 1 aromatic heterocycles. The number of anilines is 2. The van der Waals surface area contributed by atoms with Crippen molar-refractivity contribution in [2.45, 2.75) is 33.2 Å². The molecule has 4 rings (SSSR count). The van der Waals surface area contributed by atoms with Crippen molar-refractivity contribution in [2.24, 2.45) is 0 Å². The number of urea groups is 1. The summed E-state index contributed by atoms with van der Waals surface area (Å²) >= 11 is 0. The summed E-state index contributed by atoms with van der Waals surface area (Å²) in [5.74, 6) is 1.50. The second-order valence-electron chi connectivity index (χ2n) is 9.56. The molecular weight excluding hydrogens is 480 g/mol. The van der Waals surface area contributed by atoms with Crippen molar-refractivity contribution < 1.29 is 14.3 Å². The first-order valence-corrected chi connectivity index (χ1v) is 13.0. The van der Waals surface area contributed by atoms with Gasteiger partial charge in [0, 0.05) is 43.5 Å². The van der Waals surface area contributed by atoms with Crippen LogP contribution in [0.15, 0.2) is 60.7 Å². The van der Waals surface area contributed by atoms with Crippen molar-refractivity contribution in [3.63, 3.8) is 0 Å². The number of hydrogen-bond donors (Lipinski definition) is 1. The highest BCUT2D eigenvalue weighted by molar-refractivity contribution is 5.92. The molecule has 1 saturated heterocycles. The molecule has 1 aliphatic heterocycles. The number of nitrogens with zero attached hydrogens (tertiary/aromatic N) is 5. The SMILES string of the molecule is CCC(C)N(CC(=O)N1CCN(c2ccc(-c3cccc(OC)c3)nn2)CC1)C(=O)Nc1ccc(C)cc1. The molecule has 9 nitrogen and oxygen atoms in total. The Labute approximate surface area is 224 Å². The highest BCUT2D eigenvalue weighted by Gasteiger charge is 2.27. The molecule has 3 amide bonds. The summed E-state index contributed by atoms with van der Waals surface area (Å²) in [5, 5.41) is 11.8. The maximum Gasteiger partial charge on any atom is 0.322 e. The lowest BCUT2D eigenvalue weighted by Gasteiger charge is -2.37. The fourth-order valence-corrected chi connectivity index (χ4v) is 4.34. The molecule has 38 heavy (non-hydrogen) atoms. The predicted molar refractivity (Wildman–Crippen MR) is 149 cm³/mol. The van der Waals surface area contributed by atoms with E-state index in [1.807, 2.05) is 86.3 Å². The van der Waals surface area contributed by atoms with Gasteiger partial charge in [0.2, 0.25) is 5.91 Å². The summed E-state index contributed by atoms with van der Waals surface area (Å²) in [4.78, 5) is 31.8. The highest BCUT2D eigenvalue weighted by Crippen LogP contribution is 2.23. The lowest BCUT2D eigenvalue weighted by atomic mass is 10.1. The predicted octanol–water partition coefficient (Wildman–Crippen LogP) is 4.44. The van der Waals surface area contributed by atoms with Crippen LogP contribution >= 0.6 is 0 Å². The van der Waals surface area contributed by atoms with Crippen LogP contribution in [0.3, 0.4) is 0 Å². The number of carbonyl (C=O) groups excluding carboxylic acids is 2. The van der Waals surface area contributed by atoms with Crippen molar-refractivity contribution in [3.05, 3.63) is 66.2 Å². The quantitative estimate of drug-likeness (QED) is 0.476. The third-order valence-corrected chi connectivity index (χ3v) is 6.96. The molecule has 1 atom stereocenters. The van der Waals surface area contributed by atoms with Gasteiger partial charge in [0.05, 0.1) is 12.8 Å². The molecule has 1 aliphatic rings. The molecule has 200 valence electrons. The van der Waals surface area contributed by atoms with E-state index in [0.29, 0.717) is 31.9 Å². The monoisotopic (exact) mass is 516 g/mol. The van der Waals surface area contributed by atoms with Crippen LogP contribution < -0.4 is 15.0 Å². The van der Waals surface area contributed by atoms with Crippen LogP contribution in [-0.4, -0.2) is 77.8 Å². The van der Waals surface area contributed by atoms with E-state index in [2.05, 4.69) is 20.4 Å². The van der Waals surface area contributed by atoms with Crippen LogP contribution in [0.2, 0.25) is 0 Å². The molecule has 0 saturated carbocycles. The van der Waals surface area contributed by atoms with E-state index in [1.165, 1.54) is 0 Å². The van der Waals surface area contributed by atoms with Gasteiger partial charge in [-0.2, -0.15) is 0 Å². The van der Waals surface area contributed by atoms with Crippen LogP contribution in [0.4, 0.5) is 16.3 Å². The second-order valence-corrected chi connectivity index (χ2v) is 9.56. The number of benzene rings is 2. The average Bonchev–Trinajstić information content (AvgIpc) is 2.96. The van der Waals surface area contributed by atoms with E-state index in [1.54, 1.807) is 12.0 Å². The fourth-order valence-electron chi connectivity index (χ4n) is 4.34. The zero-order valence-corrected chi connectivity index (χ0v) is 22.6. The number of rotatable bonds is 8. The minimum absolute atomic E-state index is 0.0434.